The fourth-order valence-corrected chi connectivity index (χ4v) is 2.82. The summed E-state index contributed by atoms with van der Waals surface area (Å²) >= 11 is 0. The van der Waals surface area contributed by atoms with Crippen LogP contribution < -0.4 is 10.6 Å². The Hall–Kier alpha value is -0.860. The Morgan fingerprint density at radius 3 is 2.90 bits per heavy atom. The van der Waals surface area contributed by atoms with Gasteiger partial charge in [-0.3, -0.25) is 9.67 Å². The van der Waals surface area contributed by atoms with Crippen molar-refractivity contribution in [3.05, 3.63) is 12.2 Å². The van der Waals surface area contributed by atoms with Gasteiger partial charge in [0.05, 0.1) is 6.54 Å². The Bertz CT molecular complexity index is 444. The highest BCUT2D eigenvalue weighted by molar-refractivity contribution is 14.0. The zero-order chi connectivity index (χ0) is 14.4. The van der Waals surface area contributed by atoms with E-state index in [1.165, 1.54) is 32.1 Å². The van der Waals surface area contributed by atoms with Crippen molar-refractivity contribution in [1.29, 1.82) is 0 Å². The van der Waals surface area contributed by atoms with Gasteiger partial charge in [0.2, 0.25) is 0 Å². The average molecular weight is 406 g/mol. The van der Waals surface area contributed by atoms with Crippen LogP contribution in [-0.2, 0) is 13.6 Å². The van der Waals surface area contributed by atoms with Crippen molar-refractivity contribution < 1.29 is 0 Å². The molecule has 120 valence electrons. The summed E-state index contributed by atoms with van der Waals surface area (Å²) < 4.78 is 1.77. The zero-order valence-corrected chi connectivity index (χ0v) is 15.5. The highest BCUT2D eigenvalue weighted by atomic mass is 127. The molecule has 1 aromatic rings. The normalized spacial score (nSPS) is 22.5. The van der Waals surface area contributed by atoms with Gasteiger partial charge in [0, 0.05) is 20.1 Å². The Kier molecular flexibility index (Phi) is 7.98. The van der Waals surface area contributed by atoms with Crippen LogP contribution in [0.5, 0.6) is 0 Å². The van der Waals surface area contributed by atoms with Crippen LogP contribution >= 0.6 is 24.0 Å². The van der Waals surface area contributed by atoms with Crippen LogP contribution in [0.25, 0.3) is 0 Å². The fourth-order valence-electron chi connectivity index (χ4n) is 2.82. The number of nitrogens with zero attached hydrogens (tertiary/aromatic N) is 4. The molecule has 0 saturated heterocycles. The van der Waals surface area contributed by atoms with Gasteiger partial charge in [-0.25, -0.2) is 4.98 Å². The summed E-state index contributed by atoms with van der Waals surface area (Å²) in [5.41, 5.74) is 0. The van der Waals surface area contributed by atoms with E-state index in [-0.39, 0.29) is 24.0 Å². The number of aliphatic imine (C=N–C) groups is 1. The molecule has 1 saturated carbocycles. The molecule has 0 amide bonds. The minimum Gasteiger partial charge on any atom is -0.354 e. The lowest BCUT2D eigenvalue weighted by atomic mass is 9.84. The van der Waals surface area contributed by atoms with E-state index >= 15 is 0 Å². The standard InChI is InChI=1S/C14H26N6.HI/c1-4-11-6-5-7-12(8-11)19-14(15-2)16-9-13-17-10-18-20(13)3;/h10-12H,4-9H2,1-3H3,(H2,15,16,19);1H. The van der Waals surface area contributed by atoms with Crippen molar-refractivity contribution in [1.82, 2.24) is 25.4 Å². The number of guanidine groups is 1. The second-order valence-electron chi connectivity index (χ2n) is 5.51. The molecule has 0 radical (unpaired) electrons. The molecule has 7 heteroatoms. The molecule has 0 spiro atoms. The van der Waals surface area contributed by atoms with Crippen molar-refractivity contribution in [3.63, 3.8) is 0 Å². The third-order valence-corrected chi connectivity index (χ3v) is 4.14. The first kappa shape index (κ1) is 18.2. The summed E-state index contributed by atoms with van der Waals surface area (Å²) in [6.07, 6.45) is 8.03. The Morgan fingerprint density at radius 1 is 1.48 bits per heavy atom. The summed E-state index contributed by atoms with van der Waals surface area (Å²) in [5.74, 6) is 2.62. The van der Waals surface area contributed by atoms with Crippen LogP contribution in [0.2, 0.25) is 0 Å². The molecular formula is C14H27IN6. The first-order valence-electron chi connectivity index (χ1n) is 7.53. The summed E-state index contributed by atoms with van der Waals surface area (Å²) in [4.78, 5) is 8.50. The van der Waals surface area contributed by atoms with Gasteiger partial charge < -0.3 is 10.6 Å². The first-order chi connectivity index (χ1) is 9.72. The number of hydrogen-bond donors (Lipinski definition) is 2. The van der Waals surface area contributed by atoms with Crippen molar-refractivity contribution in [2.75, 3.05) is 7.05 Å². The number of hydrogen-bond acceptors (Lipinski definition) is 3. The Morgan fingerprint density at radius 2 is 2.29 bits per heavy atom. The predicted molar refractivity (Wildman–Crippen MR) is 95.8 cm³/mol. The van der Waals surface area contributed by atoms with E-state index in [9.17, 15) is 0 Å². The van der Waals surface area contributed by atoms with E-state index in [4.69, 9.17) is 0 Å². The third kappa shape index (κ3) is 5.44. The lowest BCUT2D eigenvalue weighted by Gasteiger charge is -2.30. The topological polar surface area (TPSA) is 67.1 Å². The highest BCUT2D eigenvalue weighted by Crippen LogP contribution is 2.26. The quantitative estimate of drug-likeness (QED) is 0.457. The average Bonchev–Trinajstić information content (AvgIpc) is 2.89. The largest absolute Gasteiger partial charge is 0.354 e. The van der Waals surface area contributed by atoms with E-state index in [0.717, 1.165) is 17.7 Å². The maximum Gasteiger partial charge on any atom is 0.191 e. The second-order valence-corrected chi connectivity index (χ2v) is 5.51. The molecule has 2 N–H and O–H groups in total. The van der Waals surface area contributed by atoms with Gasteiger partial charge in [0.25, 0.3) is 0 Å². The highest BCUT2D eigenvalue weighted by Gasteiger charge is 2.21. The molecule has 2 atom stereocenters. The van der Waals surface area contributed by atoms with E-state index in [2.05, 4.69) is 32.6 Å². The molecule has 1 aliphatic carbocycles. The van der Waals surface area contributed by atoms with Crippen LogP contribution in [0, 0.1) is 5.92 Å². The van der Waals surface area contributed by atoms with Crippen molar-refractivity contribution in [2.24, 2.45) is 18.0 Å². The van der Waals surface area contributed by atoms with E-state index < -0.39 is 0 Å². The van der Waals surface area contributed by atoms with Crippen LogP contribution in [-0.4, -0.2) is 33.8 Å². The van der Waals surface area contributed by atoms with Gasteiger partial charge in [-0.2, -0.15) is 5.10 Å². The maximum absolute atomic E-state index is 4.30. The molecule has 21 heavy (non-hydrogen) atoms. The van der Waals surface area contributed by atoms with Gasteiger partial charge in [-0.15, -0.1) is 24.0 Å². The number of rotatable bonds is 4. The van der Waals surface area contributed by atoms with Gasteiger partial charge in [0.15, 0.2) is 5.96 Å². The van der Waals surface area contributed by atoms with E-state index in [0.29, 0.717) is 12.6 Å². The molecule has 1 heterocycles. The minimum absolute atomic E-state index is 0. The lowest BCUT2D eigenvalue weighted by molar-refractivity contribution is 0.298. The number of aromatic nitrogens is 3. The SMILES string of the molecule is CCC1CCCC(NC(=NC)NCc2ncnn2C)C1.I. The van der Waals surface area contributed by atoms with Gasteiger partial charge in [0.1, 0.15) is 12.2 Å². The number of aryl methyl sites for hydroxylation is 1. The fraction of sp³-hybridized carbons (Fsp3) is 0.786. The second kappa shape index (κ2) is 9.22. The Labute approximate surface area is 144 Å². The monoisotopic (exact) mass is 406 g/mol. The molecule has 2 rings (SSSR count). The van der Waals surface area contributed by atoms with Crippen LogP contribution in [0.3, 0.4) is 0 Å². The summed E-state index contributed by atoms with van der Waals surface area (Å²) in [6, 6.07) is 0.541. The first-order valence-corrected chi connectivity index (χ1v) is 7.53. The zero-order valence-electron chi connectivity index (χ0n) is 13.2. The van der Waals surface area contributed by atoms with E-state index in [1.807, 2.05) is 14.1 Å². The molecule has 6 nitrogen and oxygen atoms in total. The summed E-state index contributed by atoms with van der Waals surface area (Å²) in [7, 11) is 3.71. The number of halogens is 1. The van der Waals surface area contributed by atoms with Crippen LogP contribution in [0.1, 0.15) is 44.9 Å². The van der Waals surface area contributed by atoms with Crippen LogP contribution in [0.15, 0.2) is 11.3 Å². The number of nitrogens with one attached hydrogen (secondary N) is 2. The lowest BCUT2D eigenvalue weighted by Crippen LogP contribution is -2.45. The van der Waals surface area contributed by atoms with Crippen molar-refractivity contribution >= 4 is 29.9 Å². The van der Waals surface area contributed by atoms with Crippen molar-refractivity contribution in [2.45, 2.75) is 51.6 Å². The molecule has 1 aliphatic rings. The molecule has 2 unspecified atom stereocenters. The van der Waals surface area contributed by atoms with Gasteiger partial charge >= 0.3 is 0 Å². The Balaban J connectivity index is 0.00000220. The third-order valence-electron chi connectivity index (χ3n) is 4.14. The molecule has 0 bridgehead atoms. The summed E-state index contributed by atoms with van der Waals surface area (Å²) in [6.45, 7) is 2.92. The molecule has 1 fully saturated rings. The molecule has 0 aromatic carbocycles. The summed E-state index contributed by atoms with van der Waals surface area (Å²) in [5, 5.41) is 10.9. The van der Waals surface area contributed by atoms with Crippen molar-refractivity contribution in [3.8, 4) is 0 Å². The van der Waals surface area contributed by atoms with Gasteiger partial charge in [-0.1, -0.05) is 26.2 Å². The van der Waals surface area contributed by atoms with Gasteiger partial charge in [-0.05, 0) is 18.8 Å². The van der Waals surface area contributed by atoms with E-state index in [1.54, 1.807) is 11.0 Å². The maximum atomic E-state index is 4.30. The smallest absolute Gasteiger partial charge is 0.191 e. The predicted octanol–water partition coefficient (Wildman–Crippen LogP) is 2.07. The molecular weight excluding hydrogens is 379 g/mol. The minimum atomic E-state index is 0. The molecule has 0 aliphatic heterocycles. The molecule has 1 aromatic heterocycles. The van der Waals surface area contributed by atoms with Crippen LogP contribution in [0.4, 0.5) is 0 Å².